The molecule has 128 valence electrons. The highest BCUT2D eigenvalue weighted by Gasteiger charge is 2.45. The third-order valence-electron chi connectivity index (χ3n) is 3.73. The van der Waals surface area contributed by atoms with Crippen molar-refractivity contribution in [1.82, 2.24) is 15.2 Å². The Balaban J connectivity index is 0.00000132. The van der Waals surface area contributed by atoms with Crippen molar-refractivity contribution in [1.29, 1.82) is 0 Å². The number of aromatic nitrogens is 1. The van der Waals surface area contributed by atoms with Crippen molar-refractivity contribution in [2.24, 2.45) is 0 Å². The zero-order valence-corrected chi connectivity index (χ0v) is 13.8. The molecule has 2 heterocycles. The maximum atomic E-state index is 13.5. The summed E-state index contributed by atoms with van der Waals surface area (Å²) in [6, 6.07) is 8.78. The van der Waals surface area contributed by atoms with E-state index in [9.17, 15) is 13.2 Å². The van der Waals surface area contributed by atoms with E-state index in [2.05, 4.69) is 10.3 Å². The first-order valence-electron chi connectivity index (χ1n) is 6.93. The first-order chi connectivity index (χ1) is 10.1. The lowest BCUT2D eigenvalue weighted by atomic mass is 10.1. The molecule has 1 aromatic heterocycles. The monoisotopic (exact) mass is 367 g/mol. The molecule has 0 aliphatic carbocycles. The van der Waals surface area contributed by atoms with Gasteiger partial charge < -0.3 is 5.32 Å². The molecule has 1 saturated heterocycles. The van der Waals surface area contributed by atoms with Crippen molar-refractivity contribution in [2.45, 2.75) is 12.2 Å². The fourth-order valence-corrected chi connectivity index (χ4v) is 2.74. The van der Waals surface area contributed by atoms with Crippen LogP contribution in [0.2, 0.25) is 0 Å². The van der Waals surface area contributed by atoms with Crippen LogP contribution in [0.1, 0.15) is 11.7 Å². The summed E-state index contributed by atoms with van der Waals surface area (Å²) in [6.07, 6.45) is -4.33. The number of rotatable bonds is 2. The molecule has 8 heteroatoms. The summed E-state index contributed by atoms with van der Waals surface area (Å²) in [7, 11) is 0. The third-order valence-corrected chi connectivity index (χ3v) is 3.73. The van der Waals surface area contributed by atoms with Gasteiger partial charge in [0.2, 0.25) is 0 Å². The van der Waals surface area contributed by atoms with Gasteiger partial charge in [-0.1, -0.05) is 24.3 Å². The minimum Gasteiger partial charge on any atom is -0.314 e. The predicted octanol–water partition coefficient (Wildman–Crippen LogP) is 3.59. The zero-order valence-electron chi connectivity index (χ0n) is 12.2. The second-order valence-corrected chi connectivity index (χ2v) is 5.16. The summed E-state index contributed by atoms with van der Waals surface area (Å²) in [5.41, 5.74) is 0.669. The maximum Gasteiger partial charge on any atom is 0.409 e. The van der Waals surface area contributed by atoms with E-state index in [0.717, 1.165) is 5.39 Å². The van der Waals surface area contributed by atoms with E-state index in [4.69, 9.17) is 0 Å². The van der Waals surface area contributed by atoms with Crippen LogP contribution in [-0.4, -0.2) is 42.2 Å². The highest BCUT2D eigenvalue weighted by atomic mass is 35.5. The highest BCUT2D eigenvalue weighted by molar-refractivity contribution is 5.85. The molecule has 0 bridgehead atoms. The van der Waals surface area contributed by atoms with Crippen LogP contribution in [0.5, 0.6) is 0 Å². The molecule has 1 aliphatic rings. The average molecular weight is 368 g/mol. The SMILES string of the molecule is Cl.Cl.FC(F)(F)[C@H](c1ccc2ccccc2n1)N1CCNCC1. The van der Waals surface area contributed by atoms with Crippen LogP contribution in [0.4, 0.5) is 13.2 Å². The van der Waals surface area contributed by atoms with Gasteiger partial charge in [-0.15, -0.1) is 24.8 Å². The zero-order chi connectivity index (χ0) is 14.9. The number of pyridine rings is 1. The molecule has 1 atom stereocenters. The maximum absolute atomic E-state index is 13.5. The standard InChI is InChI=1S/C15H16F3N3.2ClH/c16-15(17,18)14(21-9-7-19-8-10-21)13-6-5-11-3-1-2-4-12(11)20-13;;/h1-6,14,19H,7-10H2;2*1H/t14-;;/m0../s1. The molecule has 1 aromatic carbocycles. The van der Waals surface area contributed by atoms with Gasteiger partial charge in [-0.05, 0) is 12.1 Å². The normalized spacial score (nSPS) is 17.2. The molecule has 3 rings (SSSR count). The summed E-state index contributed by atoms with van der Waals surface area (Å²) in [5.74, 6) is 0. The molecule has 1 aliphatic heterocycles. The molecule has 0 spiro atoms. The minimum absolute atomic E-state index is 0. The minimum atomic E-state index is -4.33. The Hall–Kier alpha value is -1.08. The fraction of sp³-hybridized carbons (Fsp3) is 0.400. The van der Waals surface area contributed by atoms with Crippen LogP contribution in [0.15, 0.2) is 36.4 Å². The number of para-hydroxylation sites is 1. The van der Waals surface area contributed by atoms with E-state index in [-0.39, 0.29) is 30.5 Å². The summed E-state index contributed by atoms with van der Waals surface area (Å²) >= 11 is 0. The van der Waals surface area contributed by atoms with Crippen LogP contribution in [0.25, 0.3) is 10.9 Å². The number of hydrogen-bond donors (Lipinski definition) is 1. The number of piperazine rings is 1. The van der Waals surface area contributed by atoms with Crippen molar-refractivity contribution in [3.05, 3.63) is 42.1 Å². The van der Waals surface area contributed by atoms with Crippen molar-refractivity contribution in [2.75, 3.05) is 26.2 Å². The van der Waals surface area contributed by atoms with E-state index in [1.807, 2.05) is 12.1 Å². The number of benzene rings is 1. The van der Waals surface area contributed by atoms with Gasteiger partial charge >= 0.3 is 6.18 Å². The summed E-state index contributed by atoms with van der Waals surface area (Å²) in [6.45, 7) is 1.89. The molecule has 0 unspecified atom stereocenters. The number of halogens is 5. The number of nitrogens with one attached hydrogen (secondary N) is 1. The van der Waals surface area contributed by atoms with E-state index < -0.39 is 12.2 Å². The Morgan fingerprint density at radius 2 is 1.65 bits per heavy atom. The number of hydrogen-bond acceptors (Lipinski definition) is 3. The first kappa shape index (κ1) is 20.0. The van der Waals surface area contributed by atoms with Crippen LogP contribution in [-0.2, 0) is 0 Å². The lowest BCUT2D eigenvalue weighted by molar-refractivity contribution is -0.188. The third kappa shape index (κ3) is 4.47. The molecule has 1 fully saturated rings. The molecule has 2 aromatic rings. The number of nitrogens with zero attached hydrogens (tertiary/aromatic N) is 2. The van der Waals surface area contributed by atoms with E-state index in [1.165, 1.54) is 11.0 Å². The summed E-state index contributed by atoms with van der Waals surface area (Å²) in [5, 5.41) is 3.92. The molecule has 0 amide bonds. The van der Waals surface area contributed by atoms with Gasteiger partial charge in [0.1, 0.15) is 6.04 Å². The first-order valence-corrected chi connectivity index (χ1v) is 6.93. The van der Waals surface area contributed by atoms with Gasteiger partial charge in [0.15, 0.2) is 0 Å². The Morgan fingerprint density at radius 1 is 1.00 bits per heavy atom. The topological polar surface area (TPSA) is 28.2 Å². The molecule has 1 N–H and O–H groups in total. The smallest absolute Gasteiger partial charge is 0.314 e. The van der Waals surface area contributed by atoms with Gasteiger partial charge in [-0.2, -0.15) is 13.2 Å². The second kappa shape index (κ2) is 8.15. The van der Waals surface area contributed by atoms with Crippen molar-refractivity contribution < 1.29 is 13.2 Å². The summed E-state index contributed by atoms with van der Waals surface area (Å²) < 4.78 is 40.5. The molecular formula is C15H18Cl2F3N3. The van der Waals surface area contributed by atoms with Crippen LogP contribution in [0, 0.1) is 0 Å². The fourth-order valence-electron chi connectivity index (χ4n) is 2.74. The van der Waals surface area contributed by atoms with E-state index in [0.29, 0.717) is 31.7 Å². The quantitative estimate of drug-likeness (QED) is 0.878. The van der Waals surface area contributed by atoms with Crippen LogP contribution >= 0.6 is 24.8 Å². The van der Waals surface area contributed by atoms with Gasteiger partial charge in [-0.25, -0.2) is 0 Å². The molecular weight excluding hydrogens is 350 g/mol. The average Bonchev–Trinajstić information content (AvgIpc) is 2.47. The van der Waals surface area contributed by atoms with Gasteiger partial charge in [0.25, 0.3) is 0 Å². The Bertz CT molecular complexity index is 631. The Labute approximate surface area is 145 Å². The lowest BCUT2D eigenvalue weighted by Gasteiger charge is -2.35. The molecule has 0 radical (unpaired) electrons. The number of alkyl halides is 3. The van der Waals surface area contributed by atoms with Crippen molar-refractivity contribution >= 4 is 35.7 Å². The van der Waals surface area contributed by atoms with Gasteiger partial charge in [0, 0.05) is 31.6 Å². The van der Waals surface area contributed by atoms with Crippen LogP contribution in [0.3, 0.4) is 0 Å². The number of fused-ring (bicyclic) bond motifs is 1. The second-order valence-electron chi connectivity index (χ2n) is 5.16. The van der Waals surface area contributed by atoms with E-state index >= 15 is 0 Å². The molecule has 0 saturated carbocycles. The molecule has 3 nitrogen and oxygen atoms in total. The highest BCUT2D eigenvalue weighted by Crippen LogP contribution is 2.37. The molecule has 23 heavy (non-hydrogen) atoms. The van der Waals surface area contributed by atoms with E-state index in [1.54, 1.807) is 18.2 Å². The van der Waals surface area contributed by atoms with Crippen LogP contribution < -0.4 is 5.32 Å². The largest absolute Gasteiger partial charge is 0.409 e. The van der Waals surface area contributed by atoms with Gasteiger partial charge in [-0.3, -0.25) is 9.88 Å². The summed E-state index contributed by atoms with van der Waals surface area (Å²) in [4.78, 5) is 5.69. The predicted molar refractivity (Wildman–Crippen MR) is 89.5 cm³/mol. The van der Waals surface area contributed by atoms with Gasteiger partial charge in [0.05, 0.1) is 11.2 Å². The van der Waals surface area contributed by atoms with Crippen molar-refractivity contribution in [3.8, 4) is 0 Å². The Morgan fingerprint density at radius 3 is 2.30 bits per heavy atom. The Kier molecular flexibility index (Phi) is 7.07. The lowest BCUT2D eigenvalue weighted by Crippen LogP contribution is -2.49. The van der Waals surface area contributed by atoms with Crippen molar-refractivity contribution in [3.63, 3.8) is 0 Å².